The van der Waals surface area contributed by atoms with Gasteiger partial charge in [-0.2, -0.15) is 0 Å². The van der Waals surface area contributed by atoms with Gasteiger partial charge in [0.05, 0.1) is 21.6 Å². The lowest BCUT2D eigenvalue weighted by Crippen LogP contribution is -2.34. The van der Waals surface area contributed by atoms with Crippen LogP contribution in [0, 0.1) is 5.82 Å². The lowest BCUT2D eigenvalue weighted by molar-refractivity contribution is 0.258. The number of thiophene rings is 1. The molecule has 0 fully saturated rings. The SMILES string of the molecule is O=C1Nc2c(-c3ccccc3)sc3ncnc(c23)N1c1ccc(F)c(CI)c1. The maximum Gasteiger partial charge on any atom is 0.332 e. The van der Waals surface area contributed by atoms with Gasteiger partial charge in [-0.25, -0.2) is 24.1 Å². The number of alkyl halides is 1. The topological polar surface area (TPSA) is 58.1 Å². The van der Waals surface area contributed by atoms with Crippen molar-refractivity contribution in [2.75, 3.05) is 10.2 Å². The van der Waals surface area contributed by atoms with Crippen LogP contribution in [0.4, 0.5) is 26.4 Å². The number of hydrogen-bond acceptors (Lipinski definition) is 4. The fraction of sp³-hybridized carbons (Fsp3) is 0.0500. The Kier molecular flexibility index (Phi) is 4.24. The van der Waals surface area contributed by atoms with E-state index in [1.54, 1.807) is 12.1 Å². The fourth-order valence-electron chi connectivity index (χ4n) is 3.30. The Hall–Kier alpha value is -2.59. The number of nitrogens with zero attached hydrogens (tertiary/aromatic N) is 3. The Morgan fingerprint density at radius 3 is 2.75 bits per heavy atom. The van der Waals surface area contributed by atoms with Crippen LogP contribution in [-0.2, 0) is 4.43 Å². The molecule has 0 unspecified atom stereocenters. The Morgan fingerprint density at radius 1 is 1.14 bits per heavy atom. The predicted molar refractivity (Wildman–Crippen MR) is 118 cm³/mol. The number of hydrogen-bond donors (Lipinski definition) is 1. The molecule has 0 saturated heterocycles. The lowest BCUT2D eigenvalue weighted by Gasteiger charge is -2.27. The maximum absolute atomic E-state index is 13.9. The second-order valence-electron chi connectivity index (χ2n) is 6.22. The van der Waals surface area contributed by atoms with Crippen LogP contribution in [0.3, 0.4) is 0 Å². The minimum absolute atomic E-state index is 0.286. The van der Waals surface area contributed by atoms with Gasteiger partial charge in [0.25, 0.3) is 0 Å². The van der Waals surface area contributed by atoms with Crippen molar-refractivity contribution in [1.82, 2.24) is 9.97 Å². The summed E-state index contributed by atoms with van der Waals surface area (Å²) in [5.74, 6) is 0.221. The Morgan fingerprint density at radius 2 is 1.96 bits per heavy atom. The first-order chi connectivity index (χ1) is 13.7. The molecule has 8 heteroatoms. The summed E-state index contributed by atoms with van der Waals surface area (Å²) in [7, 11) is 0. The number of rotatable bonds is 3. The van der Waals surface area contributed by atoms with E-state index in [9.17, 15) is 9.18 Å². The Bertz CT molecular complexity index is 1230. The number of nitrogens with one attached hydrogen (secondary N) is 1. The van der Waals surface area contributed by atoms with Crippen LogP contribution in [0.25, 0.3) is 20.7 Å². The number of urea groups is 1. The molecule has 138 valence electrons. The largest absolute Gasteiger partial charge is 0.332 e. The van der Waals surface area contributed by atoms with E-state index >= 15 is 0 Å². The molecule has 0 atom stereocenters. The van der Waals surface area contributed by atoms with E-state index in [1.165, 1.54) is 28.6 Å². The quantitative estimate of drug-likeness (QED) is 0.272. The first-order valence-electron chi connectivity index (χ1n) is 8.46. The Labute approximate surface area is 177 Å². The summed E-state index contributed by atoms with van der Waals surface area (Å²) in [6.45, 7) is 0. The van der Waals surface area contributed by atoms with E-state index < -0.39 is 0 Å². The summed E-state index contributed by atoms with van der Waals surface area (Å²) in [5, 5.41) is 3.79. The van der Waals surface area contributed by atoms with Crippen molar-refractivity contribution in [2.24, 2.45) is 0 Å². The molecule has 1 N–H and O–H groups in total. The molecule has 0 aliphatic carbocycles. The van der Waals surface area contributed by atoms with Crippen molar-refractivity contribution in [3.8, 4) is 10.4 Å². The van der Waals surface area contributed by atoms with Gasteiger partial charge in [-0.1, -0.05) is 52.9 Å². The van der Waals surface area contributed by atoms with E-state index in [4.69, 9.17) is 0 Å². The average Bonchev–Trinajstić information content (AvgIpc) is 3.09. The minimum atomic E-state index is -0.325. The summed E-state index contributed by atoms with van der Waals surface area (Å²) in [6, 6.07) is 14.2. The van der Waals surface area contributed by atoms with Crippen molar-refractivity contribution < 1.29 is 9.18 Å². The van der Waals surface area contributed by atoms with Crippen molar-refractivity contribution in [1.29, 1.82) is 0 Å². The van der Waals surface area contributed by atoms with Crippen molar-refractivity contribution in [2.45, 2.75) is 4.43 Å². The average molecular weight is 502 g/mol. The smallest absolute Gasteiger partial charge is 0.305 e. The van der Waals surface area contributed by atoms with Gasteiger partial charge < -0.3 is 5.32 Å². The monoisotopic (exact) mass is 502 g/mol. The Balaban J connectivity index is 1.74. The van der Waals surface area contributed by atoms with Gasteiger partial charge in [-0.05, 0) is 29.3 Å². The zero-order valence-electron chi connectivity index (χ0n) is 14.3. The molecule has 0 saturated carbocycles. The van der Waals surface area contributed by atoms with Crippen LogP contribution in [0.2, 0.25) is 0 Å². The molecule has 3 heterocycles. The molecule has 4 aromatic rings. The number of halogens is 2. The zero-order chi connectivity index (χ0) is 19.3. The van der Waals surface area contributed by atoms with Gasteiger partial charge in [0.2, 0.25) is 0 Å². The number of aromatic nitrogens is 2. The van der Waals surface area contributed by atoms with Crippen LogP contribution in [0.15, 0.2) is 54.9 Å². The second-order valence-corrected chi connectivity index (χ2v) is 7.99. The van der Waals surface area contributed by atoms with Crippen LogP contribution in [0.1, 0.15) is 5.56 Å². The molecule has 28 heavy (non-hydrogen) atoms. The standard InChI is InChI=1S/C20H12FIN4OS/c21-14-7-6-13(8-12(14)9-22)26-18-15-16(25-20(26)27)17(11-4-2-1-3-5-11)28-19(15)24-10-23-18/h1-8,10H,9H2,(H,25,27). The molecule has 0 radical (unpaired) electrons. The lowest BCUT2D eigenvalue weighted by atomic mass is 10.1. The highest BCUT2D eigenvalue weighted by Gasteiger charge is 2.32. The van der Waals surface area contributed by atoms with Crippen LogP contribution < -0.4 is 10.2 Å². The molecule has 2 amide bonds. The van der Waals surface area contributed by atoms with Gasteiger partial charge >= 0.3 is 6.03 Å². The number of benzene rings is 2. The summed E-state index contributed by atoms with van der Waals surface area (Å²) in [4.78, 5) is 25.0. The fourth-order valence-corrected chi connectivity index (χ4v) is 4.98. The third-order valence-electron chi connectivity index (χ3n) is 4.58. The molecule has 1 aliphatic rings. The number of carbonyl (C=O) groups excluding carboxylic acids is 1. The van der Waals surface area contributed by atoms with Crippen LogP contribution >= 0.6 is 33.9 Å². The highest BCUT2D eigenvalue weighted by Crippen LogP contribution is 2.48. The molecule has 1 aliphatic heterocycles. The highest BCUT2D eigenvalue weighted by atomic mass is 127. The molecule has 0 bridgehead atoms. The van der Waals surface area contributed by atoms with E-state index in [0.717, 1.165) is 26.3 Å². The first-order valence-corrected chi connectivity index (χ1v) is 10.8. The van der Waals surface area contributed by atoms with Gasteiger partial charge in [-0.15, -0.1) is 11.3 Å². The maximum atomic E-state index is 13.9. The molecule has 0 spiro atoms. The van der Waals surface area contributed by atoms with Crippen molar-refractivity contribution in [3.63, 3.8) is 0 Å². The molecule has 5 rings (SSSR count). The normalized spacial score (nSPS) is 13.1. The van der Waals surface area contributed by atoms with Crippen molar-refractivity contribution in [3.05, 3.63) is 66.2 Å². The molecule has 2 aromatic heterocycles. The van der Waals surface area contributed by atoms with E-state index in [2.05, 4.69) is 37.9 Å². The zero-order valence-corrected chi connectivity index (χ0v) is 17.3. The molecule has 5 nitrogen and oxygen atoms in total. The first kappa shape index (κ1) is 17.5. The second kappa shape index (κ2) is 6.78. The summed E-state index contributed by atoms with van der Waals surface area (Å²) in [6.07, 6.45) is 1.46. The van der Waals surface area contributed by atoms with Crippen molar-refractivity contribution >= 4 is 67.4 Å². The number of anilines is 3. The van der Waals surface area contributed by atoms with Gasteiger partial charge in [-0.3, -0.25) is 0 Å². The van der Waals surface area contributed by atoms with Crippen LogP contribution in [0.5, 0.6) is 0 Å². The third kappa shape index (κ3) is 2.67. The summed E-state index contributed by atoms with van der Waals surface area (Å²) >= 11 is 3.62. The van der Waals surface area contributed by atoms with E-state index in [0.29, 0.717) is 21.5 Å². The molecular formula is C20H12FIN4OS. The highest BCUT2D eigenvalue weighted by molar-refractivity contribution is 14.1. The van der Waals surface area contributed by atoms with Gasteiger partial charge in [0, 0.05) is 4.43 Å². The minimum Gasteiger partial charge on any atom is -0.305 e. The van der Waals surface area contributed by atoms with E-state index in [1.807, 2.05) is 30.3 Å². The number of amides is 2. The van der Waals surface area contributed by atoms with Gasteiger partial charge in [0.1, 0.15) is 17.0 Å². The summed E-state index contributed by atoms with van der Waals surface area (Å²) in [5.41, 5.74) is 2.84. The van der Waals surface area contributed by atoms with Gasteiger partial charge in [0.15, 0.2) is 5.82 Å². The predicted octanol–water partition coefficient (Wildman–Crippen LogP) is 6.12. The van der Waals surface area contributed by atoms with E-state index in [-0.39, 0.29) is 11.8 Å². The number of carbonyl (C=O) groups is 1. The third-order valence-corrected chi connectivity index (χ3v) is 6.55. The van der Waals surface area contributed by atoms with Crippen LogP contribution in [-0.4, -0.2) is 16.0 Å². The molecular weight excluding hydrogens is 490 g/mol. The molecule has 2 aromatic carbocycles. The summed E-state index contributed by atoms with van der Waals surface area (Å²) < 4.78 is 14.5.